The van der Waals surface area contributed by atoms with Crippen molar-refractivity contribution in [3.63, 3.8) is 0 Å². The molecule has 0 unspecified atom stereocenters. The van der Waals surface area contributed by atoms with Crippen LogP contribution >= 0.6 is 0 Å². The third-order valence-corrected chi connectivity index (χ3v) is 2.24. The van der Waals surface area contributed by atoms with Crippen LogP contribution in [0.4, 0.5) is 4.39 Å². The number of hydrogen-bond acceptors (Lipinski definition) is 1. The summed E-state index contributed by atoms with van der Waals surface area (Å²) >= 11 is 0. The minimum Gasteiger partial charge on any atom is -0.345 e. The van der Waals surface area contributed by atoms with E-state index < -0.39 is 0 Å². The molecule has 0 N–H and O–H groups in total. The molecule has 0 atom stereocenters. The molecule has 1 aromatic carbocycles. The molecule has 0 bridgehead atoms. The number of carbonyl (C=O) groups excluding carboxylic acids is 1. The maximum absolute atomic E-state index is 13.2. The Morgan fingerprint density at radius 2 is 1.87 bits per heavy atom. The van der Waals surface area contributed by atoms with Crippen LogP contribution in [0.2, 0.25) is 0 Å². The molecular formula is C12H16FNO. The van der Waals surface area contributed by atoms with Gasteiger partial charge in [-0.15, -0.1) is 0 Å². The lowest BCUT2D eigenvalue weighted by atomic mass is 10.0. The Balaban J connectivity index is 3.14. The number of rotatable bonds is 2. The molecule has 15 heavy (non-hydrogen) atoms. The molecule has 0 spiro atoms. The Kier molecular flexibility index (Phi) is 3.45. The fourth-order valence-electron chi connectivity index (χ4n) is 1.33. The Hall–Kier alpha value is -1.38. The van der Waals surface area contributed by atoms with Gasteiger partial charge in [0.1, 0.15) is 5.82 Å². The molecule has 0 aromatic heterocycles. The summed E-state index contributed by atoms with van der Waals surface area (Å²) in [7, 11) is 3.31. The van der Waals surface area contributed by atoms with Crippen molar-refractivity contribution >= 4 is 5.91 Å². The Morgan fingerprint density at radius 1 is 1.27 bits per heavy atom. The minimum absolute atomic E-state index is 0.170. The van der Waals surface area contributed by atoms with Gasteiger partial charge in [0, 0.05) is 19.7 Å². The first-order valence-corrected chi connectivity index (χ1v) is 4.94. The van der Waals surface area contributed by atoms with Crippen LogP contribution < -0.4 is 0 Å². The summed E-state index contributed by atoms with van der Waals surface area (Å²) < 4.78 is 13.2. The molecule has 0 aliphatic carbocycles. The van der Waals surface area contributed by atoms with Gasteiger partial charge >= 0.3 is 0 Å². The van der Waals surface area contributed by atoms with E-state index in [0.717, 1.165) is 5.56 Å². The second-order valence-electron chi connectivity index (χ2n) is 4.13. The summed E-state index contributed by atoms with van der Waals surface area (Å²) in [6.45, 7) is 3.94. The third kappa shape index (κ3) is 2.78. The minimum atomic E-state index is -0.355. The van der Waals surface area contributed by atoms with E-state index in [-0.39, 0.29) is 17.6 Å². The Labute approximate surface area is 89.7 Å². The molecule has 82 valence electrons. The molecule has 0 saturated heterocycles. The van der Waals surface area contributed by atoms with Crippen LogP contribution in [0.1, 0.15) is 35.7 Å². The topological polar surface area (TPSA) is 20.3 Å². The summed E-state index contributed by atoms with van der Waals surface area (Å²) in [6, 6.07) is 4.49. The van der Waals surface area contributed by atoms with Crippen molar-refractivity contribution in [2.24, 2.45) is 0 Å². The molecular weight excluding hydrogens is 193 g/mol. The standard InChI is InChI=1S/C12H16FNO/c1-8(2)9-5-10(7-11(13)6-9)12(15)14(3)4/h5-8H,1-4H3. The fourth-order valence-corrected chi connectivity index (χ4v) is 1.33. The van der Waals surface area contributed by atoms with Gasteiger partial charge in [-0.2, -0.15) is 0 Å². The summed E-state index contributed by atoms with van der Waals surface area (Å²) in [5.41, 5.74) is 1.25. The van der Waals surface area contributed by atoms with Crippen LogP contribution in [0.5, 0.6) is 0 Å². The number of carbonyl (C=O) groups is 1. The van der Waals surface area contributed by atoms with E-state index in [0.29, 0.717) is 5.56 Å². The van der Waals surface area contributed by atoms with Crippen molar-refractivity contribution in [1.82, 2.24) is 4.90 Å². The van der Waals surface area contributed by atoms with Gasteiger partial charge < -0.3 is 4.90 Å². The summed E-state index contributed by atoms with van der Waals surface area (Å²) in [5.74, 6) is -0.308. The molecule has 1 amide bonds. The van der Waals surface area contributed by atoms with Crippen molar-refractivity contribution in [3.05, 3.63) is 35.1 Å². The smallest absolute Gasteiger partial charge is 0.253 e. The van der Waals surface area contributed by atoms with Gasteiger partial charge in [-0.05, 0) is 29.7 Å². The Bertz CT molecular complexity index is 372. The maximum atomic E-state index is 13.2. The highest BCUT2D eigenvalue weighted by Crippen LogP contribution is 2.18. The predicted molar refractivity (Wildman–Crippen MR) is 58.5 cm³/mol. The monoisotopic (exact) mass is 209 g/mol. The average molecular weight is 209 g/mol. The van der Waals surface area contributed by atoms with Crippen LogP contribution in [-0.2, 0) is 0 Å². The number of halogens is 1. The first kappa shape index (κ1) is 11.7. The third-order valence-electron chi connectivity index (χ3n) is 2.24. The second-order valence-corrected chi connectivity index (χ2v) is 4.13. The SMILES string of the molecule is CC(C)c1cc(F)cc(C(=O)N(C)C)c1. The van der Waals surface area contributed by atoms with Crippen molar-refractivity contribution in [1.29, 1.82) is 0 Å². The van der Waals surface area contributed by atoms with E-state index in [1.54, 1.807) is 20.2 Å². The van der Waals surface area contributed by atoms with E-state index in [9.17, 15) is 9.18 Å². The van der Waals surface area contributed by atoms with Gasteiger partial charge in [-0.25, -0.2) is 4.39 Å². The van der Waals surface area contributed by atoms with Crippen LogP contribution in [-0.4, -0.2) is 24.9 Å². The zero-order valence-electron chi connectivity index (χ0n) is 9.54. The van der Waals surface area contributed by atoms with E-state index in [1.165, 1.54) is 17.0 Å². The maximum Gasteiger partial charge on any atom is 0.253 e. The molecule has 1 rings (SSSR count). The number of nitrogens with zero attached hydrogens (tertiary/aromatic N) is 1. The first-order chi connectivity index (χ1) is 6.91. The van der Waals surface area contributed by atoms with Crippen molar-refractivity contribution in [2.75, 3.05) is 14.1 Å². The zero-order chi connectivity index (χ0) is 11.6. The van der Waals surface area contributed by atoms with Gasteiger partial charge in [0.2, 0.25) is 0 Å². The van der Waals surface area contributed by atoms with Crippen LogP contribution in [0.25, 0.3) is 0 Å². The highest BCUT2D eigenvalue weighted by atomic mass is 19.1. The Morgan fingerprint density at radius 3 is 2.33 bits per heavy atom. The molecule has 0 saturated carbocycles. The van der Waals surface area contributed by atoms with Crippen LogP contribution in [0.3, 0.4) is 0 Å². The summed E-state index contributed by atoms with van der Waals surface area (Å²) in [6.07, 6.45) is 0. The zero-order valence-corrected chi connectivity index (χ0v) is 9.54. The van der Waals surface area contributed by atoms with Crippen molar-refractivity contribution in [3.8, 4) is 0 Å². The number of hydrogen-bond donors (Lipinski definition) is 0. The lowest BCUT2D eigenvalue weighted by molar-refractivity contribution is 0.0827. The summed E-state index contributed by atoms with van der Waals surface area (Å²) in [4.78, 5) is 13.1. The fraction of sp³-hybridized carbons (Fsp3) is 0.417. The van der Waals surface area contributed by atoms with Crippen molar-refractivity contribution in [2.45, 2.75) is 19.8 Å². The molecule has 1 aromatic rings. The lowest BCUT2D eigenvalue weighted by Gasteiger charge is -2.12. The molecule has 2 nitrogen and oxygen atoms in total. The molecule has 0 heterocycles. The van der Waals surface area contributed by atoms with E-state index in [4.69, 9.17) is 0 Å². The largest absolute Gasteiger partial charge is 0.345 e. The highest BCUT2D eigenvalue weighted by Gasteiger charge is 2.11. The molecule has 0 aliphatic rings. The lowest BCUT2D eigenvalue weighted by Crippen LogP contribution is -2.22. The van der Waals surface area contributed by atoms with Gasteiger partial charge in [0.15, 0.2) is 0 Å². The summed E-state index contributed by atoms with van der Waals surface area (Å²) in [5, 5.41) is 0. The average Bonchev–Trinajstić information content (AvgIpc) is 2.15. The van der Waals surface area contributed by atoms with Crippen molar-refractivity contribution < 1.29 is 9.18 Å². The van der Waals surface area contributed by atoms with Crippen LogP contribution in [0, 0.1) is 5.82 Å². The second kappa shape index (κ2) is 4.43. The van der Waals surface area contributed by atoms with E-state index in [1.807, 2.05) is 13.8 Å². The molecule has 0 aliphatic heterocycles. The predicted octanol–water partition coefficient (Wildman–Crippen LogP) is 2.65. The number of benzene rings is 1. The van der Waals surface area contributed by atoms with Gasteiger partial charge in [-0.3, -0.25) is 4.79 Å². The van der Waals surface area contributed by atoms with Crippen LogP contribution in [0.15, 0.2) is 18.2 Å². The molecule has 0 radical (unpaired) electrons. The highest BCUT2D eigenvalue weighted by molar-refractivity contribution is 5.94. The van der Waals surface area contributed by atoms with E-state index >= 15 is 0 Å². The molecule has 3 heteroatoms. The van der Waals surface area contributed by atoms with Gasteiger partial charge in [0.05, 0.1) is 0 Å². The first-order valence-electron chi connectivity index (χ1n) is 4.94. The normalized spacial score (nSPS) is 10.5. The number of amides is 1. The molecule has 0 fully saturated rings. The van der Waals surface area contributed by atoms with E-state index in [2.05, 4.69) is 0 Å². The van der Waals surface area contributed by atoms with Gasteiger partial charge in [-0.1, -0.05) is 13.8 Å². The van der Waals surface area contributed by atoms with Gasteiger partial charge in [0.25, 0.3) is 5.91 Å². The quantitative estimate of drug-likeness (QED) is 0.733.